The zero-order chi connectivity index (χ0) is 20.0. The third kappa shape index (κ3) is 4.65. The van der Waals surface area contributed by atoms with E-state index in [-0.39, 0.29) is 17.3 Å². The van der Waals surface area contributed by atoms with Crippen LogP contribution in [0.15, 0.2) is 71.9 Å². The van der Waals surface area contributed by atoms with Gasteiger partial charge in [0.15, 0.2) is 0 Å². The van der Waals surface area contributed by atoms with E-state index in [2.05, 4.69) is 21.1 Å². The zero-order valence-electron chi connectivity index (χ0n) is 14.9. The molecule has 0 saturated heterocycles. The number of amides is 1. The molecule has 0 radical (unpaired) electrons. The average Bonchev–Trinajstić information content (AvgIpc) is 3.26. The van der Waals surface area contributed by atoms with Gasteiger partial charge in [-0.2, -0.15) is 9.82 Å². The second-order valence-electron chi connectivity index (χ2n) is 5.85. The molecule has 1 aromatic heterocycles. The summed E-state index contributed by atoms with van der Waals surface area (Å²) in [6.07, 6.45) is 8.61. The maximum absolute atomic E-state index is 12.3. The zero-order valence-corrected chi connectivity index (χ0v) is 15.7. The van der Waals surface area contributed by atoms with Crippen molar-refractivity contribution in [2.75, 3.05) is 6.54 Å². The molecule has 28 heavy (non-hydrogen) atoms. The van der Waals surface area contributed by atoms with Crippen LogP contribution < -0.4 is 10.0 Å². The molecule has 0 fully saturated rings. The summed E-state index contributed by atoms with van der Waals surface area (Å²) in [6.45, 7) is 0.256. The predicted octanol–water partition coefficient (Wildman–Crippen LogP) is 1.71. The number of sulfonamides is 1. The molecule has 1 amide bonds. The first-order chi connectivity index (χ1) is 13.5. The molecule has 2 N–H and O–H groups in total. The number of terminal acetylenes is 1. The Balaban J connectivity index is 1.60. The summed E-state index contributed by atoms with van der Waals surface area (Å²) < 4.78 is 28.0. The Labute approximate surface area is 163 Å². The molecular weight excluding hydrogens is 376 g/mol. The van der Waals surface area contributed by atoms with E-state index in [1.807, 2.05) is 36.5 Å². The van der Waals surface area contributed by atoms with E-state index in [9.17, 15) is 13.2 Å². The van der Waals surface area contributed by atoms with Crippen LogP contribution in [0.1, 0.15) is 15.9 Å². The fraction of sp³-hybridized carbons (Fsp3) is 0.100. The molecule has 3 rings (SSSR count). The normalized spacial score (nSPS) is 11.0. The lowest BCUT2D eigenvalue weighted by atomic mass is 10.2. The van der Waals surface area contributed by atoms with Crippen LogP contribution in [-0.2, 0) is 16.6 Å². The first kappa shape index (κ1) is 19.4. The average molecular weight is 394 g/mol. The summed E-state index contributed by atoms with van der Waals surface area (Å²) in [5, 5.41) is 6.97. The van der Waals surface area contributed by atoms with Crippen LogP contribution in [0.2, 0.25) is 0 Å². The number of rotatable bonds is 7. The monoisotopic (exact) mass is 394 g/mol. The first-order valence-corrected chi connectivity index (χ1v) is 9.88. The van der Waals surface area contributed by atoms with E-state index in [0.717, 1.165) is 11.3 Å². The van der Waals surface area contributed by atoms with Crippen molar-refractivity contribution >= 4 is 15.9 Å². The summed E-state index contributed by atoms with van der Waals surface area (Å²) in [5.41, 5.74) is 2.22. The number of aromatic nitrogens is 2. The van der Waals surface area contributed by atoms with E-state index >= 15 is 0 Å². The van der Waals surface area contributed by atoms with Gasteiger partial charge < -0.3 is 5.32 Å². The molecular formula is C20H18N4O3S. The molecule has 1 heterocycles. The standard InChI is InChI=1S/C20H18N4O3S/c1-2-12-23-28(26,27)19-10-6-17(7-11-19)20(25)21-15-16-4-8-18(9-5-16)24-14-3-13-22-24/h1,3-11,13-14,23H,12,15H2,(H,21,25). The summed E-state index contributed by atoms with van der Waals surface area (Å²) in [5.74, 6) is 1.91. The molecule has 0 saturated carbocycles. The first-order valence-electron chi connectivity index (χ1n) is 8.40. The predicted molar refractivity (Wildman–Crippen MR) is 105 cm³/mol. The number of nitrogens with one attached hydrogen (secondary N) is 2. The highest BCUT2D eigenvalue weighted by Gasteiger charge is 2.14. The van der Waals surface area contributed by atoms with Crippen molar-refractivity contribution in [2.45, 2.75) is 11.4 Å². The van der Waals surface area contributed by atoms with Gasteiger partial charge in [0.1, 0.15) is 0 Å². The minimum atomic E-state index is -3.67. The molecule has 0 aliphatic rings. The lowest BCUT2D eigenvalue weighted by Crippen LogP contribution is -2.25. The van der Waals surface area contributed by atoms with Crippen molar-refractivity contribution in [1.82, 2.24) is 19.8 Å². The molecule has 7 nitrogen and oxygen atoms in total. The Bertz CT molecular complexity index is 1080. The summed E-state index contributed by atoms with van der Waals surface area (Å²) in [4.78, 5) is 12.3. The second kappa shape index (κ2) is 8.52. The Morgan fingerprint density at radius 3 is 2.43 bits per heavy atom. The third-order valence-electron chi connectivity index (χ3n) is 3.95. The van der Waals surface area contributed by atoms with Crippen molar-refractivity contribution in [2.24, 2.45) is 0 Å². The van der Waals surface area contributed by atoms with Gasteiger partial charge in [-0.25, -0.2) is 13.1 Å². The highest BCUT2D eigenvalue weighted by molar-refractivity contribution is 7.89. The van der Waals surface area contributed by atoms with Gasteiger partial charge in [-0.3, -0.25) is 4.79 Å². The topological polar surface area (TPSA) is 93.1 Å². The van der Waals surface area contributed by atoms with Crippen LogP contribution in [-0.4, -0.2) is 30.7 Å². The van der Waals surface area contributed by atoms with E-state index < -0.39 is 10.0 Å². The van der Waals surface area contributed by atoms with Gasteiger partial charge in [-0.1, -0.05) is 18.1 Å². The van der Waals surface area contributed by atoms with Gasteiger partial charge in [-0.05, 0) is 48.0 Å². The fourth-order valence-corrected chi connectivity index (χ4v) is 3.41. The number of benzene rings is 2. The van der Waals surface area contributed by atoms with Crippen LogP contribution in [0, 0.1) is 12.3 Å². The smallest absolute Gasteiger partial charge is 0.251 e. The van der Waals surface area contributed by atoms with Crippen LogP contribution >= 0.6 is 0 Å². The van der Waals surface area contributed by atoms with Crippen LogP contribution in [0.3, 0.4) is 0 Å². The fourth-order valence-electron chi connectivity index (χ4n) is 2.48. The largest absolute Gasteiger partial charge is 0.348 e. The van der Waals surface area contributed by atoms with Gasteiger partial charge >= 0.3 is 0 Å². The van der Waals surface area contributed by atoms with E-state index in [1.165, 1.54) is 24.3 Å². The summed E-state index contributed by atoms with van der Waals surface area (Å²) >= 11 is 0. The Morgan fingerprint density at radius 2 is 1.82 bits per heavy atom. The molecule has 0 atom stereocenters. The maximum atomic E-state index is 12.3. The molecule has 142 valence electrons. The minimum Gasteiger partial charge on any atom is -0.348 e. The highest BCUT2D eigenvalue weighted by Crippen LogP contribution is 2.11. The molecule has 0 bridgehead atoms. The van der Waals surface area contributed by atoms with Crippen molar-refractivity contribution in [1.29, 1.82) is 0 Å². The Hall–Kier alpha value is -3.41. The SMILES string of the molecule is C#CCNS(=O)(=O)c1ccc(C(=O)NCc2ccc(-n3cccn3)cc2)cc1. The quantitative estimate of drug-likeness (QED) is 0.597. The van der Waals surface area contributed by atoms with E-state index in [4.69, 9.17) is 6.42 Å². The van der Waals surface area contributed by atoms with Gasteiger partial charge in [0.2, 0.25) is 10.0 Å². The minimum absolute atomic E-state index is 0.0495. The molecule has 8 heteroatoms. The summed E-state index contributed by atoms with van der Waals surface area (Å²) in [6, 6.07) is 15.1. The number of nitrogens with zero attached hydrogens (tertiary/aromatic N) is 2. The van der Waals surface area contributed by atoms with Gasteiger partial charge in [0.05, 0.1) is 17.1 Å². The third-order valence-corrected chi connectivity index (χ3v) is 5.37. The van der Waals surface area contributed by atoms with Crippen molar-refractivity contribution in [3.8, 4) is 18.0 Å². The van der Waals surface area contributed by atoms with Crippen LogP contribution in [0.25, 0.3) is 5.69 Å². The lowest BCUT2D eigenvalue weighted by Gasteiger charge is -2.08. The van der Waals surface area contributed by atoms with Gasteiger partial charge in [-0.15, -0.1) is 6.42 Å². The Kier molecular flexibility index (Phi) is 5.89. The number of hydrogen-bond donors (Lipinski definition) is 2. The molecule has 0 aliphatic heterocycles. The maximum Gasteiger partial charge on any atom is 0.251 e. The van der Waals surface area contributed by atoms with Crippen molar-refractivity contribution in [3.05, 3.63) is 78.1 Å². The number of hydrogen-bond acceptors (Lipinski definition) is 4. The molecule has 3 aromatic rings. The Morgan fingerprint density at radius 1 is 1.11 bits per heavy atom. The van der Waals surface area contributed by atoms with Crippen molar-refractivity contribution < 1.29 is 13.2 Å². The van der Waals surface area contributed by atoms with Crippen molar-refractivity contribution in [3.63, 3.8) is 0 Å². The van der Waals surface area contributed by atoms with Crippen LogP contribution in [0.5, 0.6) is 0 Å². The highest BCUT2D eigenvalue weighted by atomic mass is 32.2. The second-order valence-corrected chi connectivity index (χ2v) is 7.62. The van der Waals surface area contributed by atoms with Gasteiger partial charge in [0, 0.05) is 24.5 Å². The molecule has 0 unspecified atom stereocenters. The molecule has 2 aromatic carbocycles. The summed E-state index contributed by atoms with van der Waals surface area (Å²) in [7, 11) is -3.67. The molecule has 0 aliphatic carbocycles. The molecule has 0 spiro atoms. The van der Waals surface area contributed by atoms with E-state index in [1.54, 1.807) is 10.9 Å². The van der Waals surface area contributed by atoms with Crippen LogP contribution in [0.4, 0.5) is 0 Å². The number of carbonyl (C=O) groups is 1. The number of carbonyl (C=O) groups excluding carboxylic acids is 1. The van der Waals surface area contributed by atoms with E-state index in [0.29, 0.717) is 12.1 Å². The van der Waals surface area contributed by atoms with Gasteiger partial charge in [0.25, 0.3) is 5.91 Å². The lowest BCUT2D eigenvalue weighted by molar-refractivity contribution is 0.0951.